The minimum atomic E-state index is -0.196. The normalized spacial score (nSPS) is 49.2. The van der Waals surface area contributed by atoms with Gasteiger partial charge in [0.15, 0.2) is 0 Å². The predicted molar refractivity (Wildman–Crippen MR) is 49.0 cm³/mol. The van der Waals surface area contributed by atoms with Gasteiger partial charge in [0.2, 0.25) is 0 Å². The molecule has 0 spiro atoms. The molecule has 0 aromatic heterocycles. The van der Waals surface area contributed by atoms with Gasteiger partial charge in [-0.2, -0.15) is 0 Å². The Morgan fingerprint density at radius 3 is 2.25 bits per heavy atom. The standard InChI is InChI=1S/C10H20O2/c1-5-9-7(3)10(11)6(2)8(4)12-9/h6-11H,5H2,1-4H3/t6-,7-,8+,9+,10+/m0/s1. The number of aliphatic hydroxyl groups excluding tert-OH is 1. The summed E-state index contributed by atoms with van der Waals surface area (Å²) in [5.41, 5.74) is 0. The fourth-order valence-corrected chi connectivity index (χ4v) is 1.97. The third-order valence-electron chi connectivity index (χ3n) is 3.20. The van der Waals surface area contributed by atoms with Crippen molar-refractivity contribution in [3.8, 4) is 0 Å². The van der Waals surface area contributed by atoms with Gasteiger partial charge in [-0.25, -0.2) is 0 Å². The SMILES string of the molecule is CC[C@H]1O[C@H](C)[C@H](C)[C@@H](O)[C@H]1C. The number of hydrogen-bond donors (Lipinski definition) is 1. The monoisotopic (exact) mass is 172 g/mol. The largest absolute Gasteiger partial charge is 0.392 e. The molecular weight excluding hydrogens is 152 g/mol. The fourth-order valence-electron chi connectivity index (χ4n) is 1.97. The Morgan fingerprint density at radius 1 is 1.17 bits per heavy atom. The molecule has 0 unspecified atom stereocenters. The van der Waals surface area contributed by atoms with Crippen LogP contribution in [0.2, 0.25) is 0 Å². The summed E-state index contributed by atoms with van der Waals surface area (Å²) in [5, 5.41) is 9.84. The summed E-state index contributed by atoms with van der Waals surface area (Å²) >= 11 is 0. The maximum Gasteiger partial charge on any atom is 0.0640 e. The molecule has 0 saturated carbocycles. The van der Waals surface area contributed by atoms with Crippen molar-refractivity contribution in [3.05, 3.63) is 0 Å². The zero-order chi connectivity index (χ0) is 9.30. The van der Waals surface area contributed by atoms with Crippen molar-refractivity contribution in [1.82, 2.24) is 0 Å². The summed E-state index contributed by atoms with van der Waals surface area (Å²) < 4.78 is 5.77. The van der Waals surface area contributed by atoms with Crippen LogP contribution in [0.5, 0.6) is 0 Å². The molecular formula is C10H20O2. The molecule has 0 radical (unpaired) electrons. The predicted octanol–water partition coefficient (Wildman–Crippen LogP) is 1.82. The summed E-state index contributed by atoms with van der Waals surface area (Å²) in [7, 11) is 0. The average molecular weight is 172 g/mol. The van der Waals surface area contributed by atoms with Gasteiger partial charge in [-0.1, -0.05) is 20.8 Å². The molecule has 12 heavy (non-hydrogen) atoms. The topological polar surface area (TPSA) is 29.5 Å². The maximum absolute atomic E-state index is 9.84. The Bertz CT molecular complexity index is 142. The van der Waals surface area contributed by atoms with Crippen LogP contribution in [0.25, 0.3) is 0 Å². The van der Waals surface area contributed by atoms with E-state index < -0.39 is 0 Å². The Hall–Kier alpha value is -0.0800. The van der Waals surface area contributed by atoms with Gasteiger partial charge in [0.1, 0.15) is 0 Å². The molecule has 0 bridgehead atoms. The van der Waals surface area contributed by atoms with Crippen molar-refractivity contribution in [3.63, 3.8) is 0 Å². The first-order valence-corrected chi connectivity index (χ1v) is 4.91. The van der Waals surface area contributed by atoms with Crippen LogP contribution in [0.15, 0.2) is 0 Å². The van der Waals surface area contributed by atoms with Crippen molar-refractivity contribution in [2.75, 3.05) is 0 Å². The third-order valence-corrected chi connectivity index (χ3v) is 3.20. The molecule has 1 heterocycles. The van der Waals surface area contributed by atoms with Crippen LogP contribution < -0.4 is 0 Å². The van der Waals surface area contributed by atoms with Gasteiger partial charge < -0.3 is 9.84 Å². The lowest BCUT2D eigenvalue weighted by molar-refractivity contribution is -0.157. The number of aliphatic hydroxyl groups is 1. The average Bonchev–Trinajstić information content (AvgIpc) is 2.08. The van der Waals surface area contributed by atoms with Gasteiger partial charge in [0.25, 0.3) is 0 Å². The second kappa shape index (κ2) is 3.75. The van der Waals surface area contributed by atoms with Crippen LogP contribution in [-0.4, -0.2) is 23.4 Å². The zero-order valence-electron chi connectivity index (χ0n) is 8.45. The first kappa shape index (κ1) is 10.0. The molecule has 0 amide bonds. The second-order valence-electron chi connectivity index (χ2n) is 4.00. The van der Waals surface area contributed by atoms with Gasteiger partial charge in [-0.05, 0) is 13.3 Å². The molecule has 1 aliphatic rings. The highest BCUT2D eigenvalue weighted by Crippen LogP contribution is 2.30. The van der Waals surface area contributed by atoms with E-state index in [2.05, 4.69) is 20.8 Å². The molecule has 0 aromatic carbocycles. The fraction of sp³-hybridized carbons (Fsp3) is 1.00. The van der Waals surface area contributed by atoms with E-state index in [1.54, 1.807) is 0 Å². The first-order chi connectivity index (χ1) is 5.57. The highest BCUT2D eigenvalue weighted by Gasteiger charge is 2.37. The van der Waals surface area contributed by atoms with Crippen LogP contribution in [0, 0.1) is 11.8 Å². The van der Waals surface area contributed by atoms with Crippen LogP contribution >= 0.6 is 0 Å². The van der Waals surface area contributed by atoms with Crippen molar-refractivity contribution >= 4 is 0 Å². The Kier molecular flexibility index (Phi) is 3.13. The maximum atomic E-state index is 9.84. The smallest absolute Gasteiger partial charge is 0.0640 e. The van der Waals surface area contributed by atoms with Crippen molar-refractivity contribution < 1.29 is 9.84 Å². The zero-order valence-corrected chi connectivity index (χ0v) is 8.45. The summed E-state index contributed by atoms with van der Waals surface area (Å²) in [6.07, 6.45) is 1.24. The first-order valence-electron chi connectivity index (χ1n) is 4.91. The van der Waals surface area contributed by atoms with E-state index in [0.717, 1.165) is 6.42 Å². The summed E-state index contributed by atoms with van der Waals surface area (Å²) in [6, 6.07) is 0. The van der Waals surface area contributed by atoms with Crippen molar-refractivity contribution in [2.24, 2.45) is 11.8 Å². The van der Waals surface area contributed by atoms with Crippen LogP contribution in [0.1, 0.15) is 34.1 Å². The van der Waals surface area contributed by atoms with E-state index in [9.17, 15) is 5.11 Å². The highest BCUT2D eigenvalue weighted by molar-refractivity contribution is 4.85. The summed E-state index contributed by atoms with van der Waals surface area (Å²) in [4.78, 5) is 0. The lowest BCUT2D eigenvalue weighted by atomic mass is 9.82. The van der Waals surface area contributed by atoms with E-state index >= 15 is 0 Å². The molecule has 1 rings (SSSR count). The van der Waals surface area contributed by atoms with E-state index in [0.29, 0.717) is 0 Å². The molecule has 1 fully saturated rings. The minimum absolute atomic E-state index is 0.196. The van der Waals surface area contributed by atoms with E-state index in [1.807, 2.05) is 6.92 Å². The van der Waals surface area contributed by atoms with E-state index in [4.69, 9.17) is 4.74 Å². The van der Waals surface area contributed by atoms with Crippen LogP contribution in [0.4, 0.5) is 0 Å². The highest BCUT2D eigenvalue weighted by atomic mass is 16.5. The molecule has 1 N–H and O–H groups in total. The molecule has 1 aliphatic heterocycles. The molecule has 0 aliphatic carbocycles. The number of hydrogen-bond acceptors (Lipinski definition) is 2. The second-order valence-corrected chi connectivity index (χ2v) is 4.00. The summed E-state index contributed by atoms with van der Waals surface area (Å²) in [5.74, 6) is 0.545. The lowest BCUT2D eigenvalue weighted by Crippen LogP contribution is -2.47. The lowest BCUT2D eigenvalue weighted by Gasteiger charge is -2.41. The Labute approximate surface area is 74.9 Å². The van der Waals surface area contributed by atoms with E-state index in [-0.39, 0.29) is 30.1 Å². The van der Waals surface area contributed by atoms with Gasteiger partial charge >= 0.3 is 0 Å². The van der Waals surface area contributed by atoms with Gasteiger partial charge in [-0.3, -0.25) is 0 Å². The Balaban J connectivity index is 2.63. The molecule has 2 nitrogen and oxygen atoms in total. The van der Waals surface area contributed by atoms with Gasteiger partial charge in [-0.15, -0.1) is 0 Å². The third kappa shape index (κ3) is 1.64. The van der Waals surface area contributed by atoms with Crippen molar-refractivity contribution in [1.29, 1.82) is 0 Å². The van der Waals surface area contributed by atoms with Crippen molar-refractivity contribution in [2.45, 2.75) is 52.4 Å². The summed E-state index contributed by atoms with van der Waals surface area (Å²) in [6.45, 7) is 8.28. The van der Waals surface area contributed by atoms with Gasteiger partial charge in [0, 0.05) is 11.8 Å². The Morgan fingerprint density at radius 2 is 1.75 bits per heavy atom. The van der Waals surface area contributed by atoms with Crippen LogP contribution in [-0.2, 0) is 4.74 Å². The molecule has 1 saturated heterocycles. The number of rotatable bonds is 1. The molecule has 0 aromatic rings. The molecule has 72 valence electrons. The molecule has 5 atom stereocenters. The molecule has 2 heteroatoms. The minimum Gasteiger partial charge on any atom is -0.392 e. The quantitative estimate of drug-likeness (QED) is 0.653. The number of ether oxygens (including phenoxy) is 1. The van der Waals surface area contributed by atoms with Crippen LogP contribution in [0.3, 0.4) is 0 Å². The van der Waals surface area contributed by atoms with E-state index in [1.165, 1.54) is 0 Å². The van der Waals surface area contributed by atoms with Gasteiger partial charge in [0.05, 0.1) is 18.3 Å².